The van der Waals surface area contributed by atoms with Crippen LogP contribution in [0.15, 0.2) is 42.9 Å². The molecule has 1 saturated heterocycles. The summed E-state index contributed by atoms with van der Waals surface area (Å²) in [7, 11) is 1.94. The van der Waals surface area contributed by atoms with Gasteiger partial charge in [0, 0.05) is 30.7 Å². The smallest absolute Gasteiger partial charge is 0.277 e. The Balaban J connectivity index is 0.00000140. The van der Waals surface area contributed by atoms with E-state index in [1.165, 1.54) is 0 Å². The van der Waals surface area contributed by atoms with E-state index >= 15 is 0 Å². The molecule has 1 aliphatic heterocycles. The summed E-state index contributed by atoms with van der Waals surface area (Å²) in [5.74, 6) is 0.583. The fourth-order valence-electron chi connectivity index (χ4n) is 3.21. The number of hydrogen-bond acceptors (Lipinski definition) is 5. The molecule has 28 heavy (non-hydrogen) atoms. The molecule has 0 atom stereocenters. The lowest BCUT2D eigenvalue weighted by atomic mass is 10.1. The molecule has 10 heteroatoms. The molecule has 0 unspecified atom stereocenters. The van der Waals surface area contributed by atoms with Crippen LogP contribution >= 0.6 is 24.8 Å². The van der Waals surface area contributed by atoms with Crippen molar-refractivity contribution >= 4 is 36.4 Å². The van der Waals surface area contributed by atoms with E-state index in [1.807, 2.05) is 42.1 Å². The highest BCUT2D eigenvalue weighted by molar-refractivity contribution is 6.02. The minimum Gasteiger partial charge on any atom is -0.334 e. The minimum atomic E-state index is -0.262. The number of piperidine rings is 1. The number of nitrogens with one attached hydrogen (secondary N) is 2. The van der Waals surface area contributed by atoms with E-state index in [9.17, 15) is 4.79 Å². The second kappa shape index (κ2) is 9.68. The number of aryl methyl sites for hydroxylation is 1. The standard InChI is InChI=1S/C18H21N7O.2ClH/c1-24-10-9-20-17(24)13-3-2-4-14(11-13)21-18(26)16-12-25(23-22-16)15-5-7-19-8-6-15;;/h2-4,9-12,15,19H,5-8H2,1H3,(H,21,26);2*1H. The highest BCUT2D eigenvalue weighted by atomic mass is 35.5. The second-order valence-corrected chi connectivity index (χ2v) is 6.46. The van der Waals surface area contributed by atoms with Crippen molar-refractivity contribution in [2.75, 3.05) is 18.4 Å². The van der Waals surface area contributed by atoms with Crippen molar-refractivity contribution in [3.63, 3.8) is 0 Å². The van der Waals surface area contributed by atoms with Gasteiger partial charge in [-0.1, -0.05) is 17.3 Å². The van der Waals surface area contributed by atoms with Gasteiger partial charge in [0.2, 0.25) is 0 Å². The zero-order chi connectivity index (χ0) is 17.9. The Morgan fingerprint density at radius 2 is 2.04 bits per heavy atom. The van der Waals surface area contributed by atoms with E-state index < -0.39 is 0 Å². The van der Waals surface area contributed by atoms with Crippen molar-refractivity contribution in [3.05, 3.63) is 48.5 Å². The van der Waals surface area contributed by atoms with Gasteiger partial charge in [-0.2, -0.15) is 0 Å². The molecule has 0 spiro atoms. The third kappa shape index (κ3) is 4.70. The van der Waals surface area contributed by atoms with Crippen molar-refractivity contribution in [1.82, 2.24) is 29.9 Å². The molecule has 2 N–H and O–H groups in total. The first-order valence-corrected chi connectivity index (χ1v) is 8.72. The van der Waals surface area contributed by atoms with Gasteiger partial charge in [0.15, 0.2) is 5.69 Å². The third-order valence-electron chi connectivity index (χ3n) is 4.63. The van der Waals surface area contributed by atoms with Crippen molar-refractivity contribution in [2.24, 2.45) is 7.05 Å². The molecular formula is C18H23Cl2N7O. The Morgan fingerprint density at radius 3 is 2.75 bits per heavy atom. The van der Waals surface area contributed by atoms with E-state index in [0.717, 1.165) is 37.3 Å². The number of nitrogens with zero attached hydrogens (tertiary/aromatic N) is 5. The monoisotopic (exact) mass is 423 g/mol. The Hall–Kier alpha value is -2.42. The highest BCUT2D eigenvalue weighted by Crippen LogP contribution is 2.21. The molecule has 1 aliphatic rings. The number of anilines is 1. The number of aromatic nitrogens is 5. The van der Waals surface area contributed by atoms with Gasteiger partial charge in [0.05, 0.1) is 12.2 Å². The predicted octanol–water partition coefficient (Wildman–Crippen LogP) is 2.70. The number of carbonyl (C=O) groups excluding carboxylic acids is 1. The fraction of sp³-hybridized carbons (Fsp3) is 0.333. The topological polar surface area (TPSA) is 89.7 Å². The average molecular weight is 424 g/mol. The summed E-state index contributed by atoms with van der Waals surface area (Å²) in [6.45, 7) is 1.93. The number of hydrogen-bond donors (Lipinski definition) is 2. The summed E-state index contributed by atoms with van der Waals surface area (Å²) in [6, 6.07) is 7.91. The number of amides is 1. The van der Waals surface area contributed by atoms with Crippen LogP contribution in [0, 0.1) is 0 Å². The first-order chi connectivity index (χ1) is 12.7. The van der Waals surface area contributed by atoms with Gasteiger partial charge in [-0.25, -0.2) is 9.67 Å². The van der Waals surface area contributed by atoms with Crippen molar-refractivity contribution in [1.29, 1.82) is 0 Å². The van der Waals surface area contributed by atoms with Gasteiger partial charge in [-0.3, -0.25) is 4.79 Å². The Bertz CT molecular complexity index is 918. The van der Waals surface area contributed by atoms with Gasteiger partial charge in [-0.05, 0) is 38.1 Å². The maximum Gasteiger partial charge on any atom is 0.277 e. The van der Waals surface area contributed by atoms with Gasteiger partial charge < -0.3 is 15.2 Å². The van der Waals surface area contributed by atoms with E-state index in [-0.39, 0.29) is 30.7 Å². The number of halogens is 2. The molecule has 1 amide bonds. The molecule has 0 radical (unpaired) electrons. The Labute approximate surface area is 175 Å². The highest BCUT2D eigenvalue weighted by Gasteiger charge is 2.19. The number of benzene rings is 1. The van der Waals surface area contributed by atoms with E-state index in [1.54, 1.807) is 17.1 Å². The zero-order valence-electron chi connectivity index (χ0n) is 15.4. The molecule has 3 aromatic rings. The quantitative estimate of drug-likeness (QED) is 0.672. The summed E-state index contributed by atoms with van der Waals surface area (Å²) in [4.78, 5) is 16.9. The molecule has 1 aromatic carbocycles. The van der Waals surface area contributed by atoms with E-state index in [2.05, 4.69) is 25.9 Å². The molecule has 0 saturated carbocycles. The number of carbonyl (C=O) groups is 1. The normalized spacial score (nSPS) is 14.0. The fourth-order valence-corrected chi connectivity index (χ4v) is 3.21. The lowest BCUT2D eigenvalue weighted by Crippen LogP contribution is -2.29. The van der Waals surface area contributed by atoms with Crippen LogP contribution < -0.4 is 10.6 Å². The van der Waals surface area contributed by atoms with Crippen LogP contribution in [0.2, 0.25) is 0 Å². The molecule has 0 aliphatic carbocycles. The first kappa shape index (κ1) is 21.9. The lowest BCUT2D eigenvalue weighted by molar-refractivity contribution is 0.102. The third-order valence-corrected chi connectivity index (χ3v) is 4.63. The molecule has 1 fully saturated rings. The molecule has 0 bridgehead atoms. The number of rotatable bonds is 4. The SMILES string of the molecule is Cl.Cl.Cn1ccnc1-c1cccc(NC(=O)c2cn(C3CCNCC3)nn2)c1. The van der Waals surface area contributed by atoms with Crippen LogP contribution in [0.25, 0.3) is 11.4 Å². The Kier molecular flexibility index (Phi) is 7.56. The summed E-state index contributed by atoms with van der Waals surface area (Å²) >= 11 is 0. The van der Waals surface area contributed by atoms with Crippen molar-refractivity contribution in [3.8, 4) is 11.4 Å². The van der Waals surface area contributed by atoms with Gasteiger partial charge in [-0.15, -0.1) is 29.9 Å². The van der Waals surface area contributed by atoms with Gasteiger partial charge in [0.25, 0.3) is 5.91 Å². The molecule has 4 rings (SSSR count). The van der Waals surface area contributed by atoms with Gasteiger partial charge in [0.1, 0.15) is 5.82 Å². The predicted molar refractivity (Wildman–Crippen MR) is 112 cm³/mol. The maximum absolute atomic E-state index is 12.5. The first-order valence-electron chi connectivity index (χ1n) is 8.72. The zero-order valence-corrected chi connectivity index (χ0v) is 17.0. The van der Waals surface area contributed by atoms with Crippen LogP contribution in [0.4, 0.5) is 5.69 Å². The molecule has 150 valence electrons. The van der Waals surface area contributed by atoms with Crippen LogP contribution in [-0.4, -0.2) is 43.5 Å². The van der Waals surface area contributed by atoms with Crippen LogP contribution in [0.3, 0.4) is 0 Å². The van der Waals surface area contributed by atoms with Crippen LogP contribution in [-0.2, 0) is 7.05 Å². The summed E-state index contributed by atoms with van der Waals surface area (Å²) in [5.41, 5.74) is 1.96. The van der Waals surface area contributed by atoms with Crippen molar-refractivity contribution in [2.45, 2.75) is 18.9 Å². The maximum atomic E-state index is 12.5. The van der Waals surface area contributed by atoms with E-state index in [0.29, 0.717) is 17.4 Å². The molecular weight excluding hydrogens is 401 g/mol. The lowest BCUT2D eigenvalue weighted by Gasteiger charge is -2.22. The van der Waals surface area contributed by atoms with Crippen LogP contribution in [0.5, 0.6) is 0 Å². The van der Waals surface area contributed by atoms with Crippen LogP contribution in [0.1, 0.15) is 29.4 Å². The van der Waals surface area contributed by atoms with Gasteiger partial charge >= 0.3 is 0 Å². The second-order valence-electron chi connectivity index (χ2n) is 6.46. The largest absolute Gasteiger partial charge is 0.334 e. The molecule has 2 aromatic heterocycles. The average Bonchev–Trinajstić information content (AvgIpc) is 3.32. The van der Waals surface area contributed by atoms with E-state index in [4.69, 9.17) is 0 Å². The molecule has 8 nitrogen and oxygen atoms in total. The summed E-state index contributed by atoms with van der Waals surface area (Å²) < 4.78 is 3.74. The minimum absolute atomic E-state index is 0. The van der Waals surface area contributed by atoms with Crippen molar-refractivity contribution < 1.29 is 4.79 Å². The summed E-state index contributed by atoms with van der Waals surface area (Å²) in [6.07, 6.45) is 7.36. The summed E-state index contributed by atoms with van der Waals surface area (Å²) in [5, 5.41) is 14.4. The number of imidazole rings is 1. The Morgan fingerprint density at radius 1 is 1.25 bits per heavy atom. The molecule has 3 heterocycles.